The van der Waals surface area contributed by atoms with Crippen molar-refractivity contribution in [1.29, 1.82) is 0 Å². The number of carbonyl (C=O) groups excluding carboxylic acids is 1. The van der Waals surface area contributed by atoms with E-state index < -0.39 is 6.04 Å². The van der Waals surface area contributed by atoms with Gasteiger partial charge in [-0.05, 0) is 35.4 Å². The van der Waals surface area contributed by atoms with Crippen molar-refractivity contribution in [2.45, 2.75) is 19.0 Å². The van der Waals surface area contributed by atoms with E-state index >= 15 is 0 Å². The molecule has 2 heterocycles. The minimum atomic E-state index is -0.558. The van der Waals surface area contributed by atoms with Crippen LogP contribution >= 0.6 is 0 Å². The number of hydrogen-bond acceptors (Lipinski definition) is 3. The normalized spacial score (nSPS) is 12.0. The molecule has 5 aromatic rings. The van der Waals surface area contributed by atoms with Crippen LogP contribution in [-0.4, -0.2) is 15.5 Å². The lowest BCUT2D eigenvalue weighted by molar-refractivity contribution is -0.123. The van der Waals surface area contributed by atoms with Crippen LogP contribution in [0.25, 0.3) is 11.0 Å². The molecular formula is C27H23N3O2. The molecule has 5 nitrogen and oxygen atoms in total. The Morgan fingerprint density at radius 1 is 0.875 bits per heavy atom. The molecule has 1 N–H and O–H groups in total. The van der Waals surface area contributed by atoms with E-state index in [1.807, 2.05) is 84.9 Å². The van der Waals surface area contributed by atoms with Gasteiger partial charge in [0.2, 0.25) is 5.91 Å². The van der Waals surface area contributed by atoms with Crippen molar-refractivity contribution >= 4 is 16.9 Å². The van der Waals surface area contributed by atoms with E-state index in [2.05, 4.69) is 22.0 Å². The lowest BCUT2D eigenvalue weighted by Crippen LogP contribution is -2.33. The maximum absolute atomic E-state index is 13.6. The van der Waals surface area contributed by atoms with Crippen LogP contribution in [0.3, 0.4) is 0 Å². The first kappa shape index (κ1) is 19.8. The fourth-order valence-corrected chi connectivity index (χ4v) is 4.02. The molecule has 5 heteroatoms. The third-order valence-electron chi connectivity index (χ3n) is 5.51. The Morgan fingerprint density at radius 2 is 1.59 bits per heavy atom. The molecule has 0 aliphatic carbocycles. The smallest absolute Gasteiger partial charge is 0.248 e. The van der Waals surface area contributed by atoms with Gasteiger partial charge in [-0.25, -0.2) is 4.98 Å². The van der Waals surface area contributed by atoms with Gasteiger partial charge in [0, 0.05) is 6.42 Å². The monoisotopic (exact) mass is 421 g/mol. The minimum Gasteiger partial charge on any atom is -0.467 e. The van der Waals surface area contributed by atoms with Gasteiger partial charge in [0.15, 0.2) is 0 Å². The first-order valence-corrected chi connectivity index (χ1v) is 10.6. The fourth-order valence-electron chi connectivity index (χ4n) is 4.02. The van der Waals surface area contributed by atoms with Crippen molar-refractivity contribution in [1.82, 2.24) is 14.9 Å². The van der Waals surface area contributed by atoms with Crippen molar-refractivity contribution in [3.05, 3.63) is 126 Å². The number of rotatable bonds is 7. The quantitative estimate of drug-likeness (QED) is 0.396. The molecule has 0 bridgehead atoms. The molecule has 0 aliphatic rings. The molecule has 5 rings (SSSR count). The molecule has 32 heavy (non-hydrogen) atoms. The maximum Gasteiger partial charge on any atom is 0.248 e. The molecule has 0 saturated carbocycles. The summed E-state index contributed by atoms with van der Waals surface area (Å²) in [5, 5.41) is 3.05. The van der Waals surface area contributed by atoms with Gasteiger partial charge < -0.3 is 14.3 Å². The number of nitrogens with one attached hydrogen (secondary N) is 1. The van der Waals surface area contributed by atoms with Gasteiger partial charge in [0.25, 0.3) is 0 Å². The number of nitrogens with zero attached hydrogens (tertiary/aromatic N) is 2. The van der Waals surface area contributed by atoms with Gasteiger partial charge in [0.05, 0.1) is 23.8 Å². The molecule has 0 aliphatic heterocycles. The summed E-state index contributed by atoms with van der Waals surface area (Å²) < 4.78 is 7.46. The Bertz CT molecular complexity index is 1310. The Balaban J connectivity index is 1.60. The van der Waals surface area contributed by atoms with Crippen molar-refractivity contribution in [2.75, 3.05) is 0 Å². The van der Waals surface area contributed by atoms with Gasteiger partial charge in [-0.1, -0.05) is 72.8 Å². The number of fused-ring (bicyclic) bond motifs is 1. The lowest BCUT2D eigenvalue weighted by Gasteiger charge is -2.22. The molecular weight excluding hydrogens is 398 g/mol. The zero-order valence-electron chi connectivity index (χ0n) is 17.5. The topological polar surface area (TPSA) is 60.1 Å². The molecule has 1 unspecified atom stereocenters. The second-order valence-electron chi connectivity index (χ2n) is 7.66. The van der Waals surface area contributed by atoms with Crippen LogP contribution in [0, 0.1) is 0 Å². The highest BCUT2D eigenvalue weighted by Crippen LogP contribution is 2.28. The van der Waals surface area contributed by atoms with E-state index in [-0.39, 0.29) is 5.91 Å². The van der Waals surface area contributed by atoms with Gasteiger partial charge in [-0.3, -0.25) is 4.79 Å². The van der Waals surface area contributed by atoms with E-state index in [0.29, 0.717) is 18.7 Å². The summed E-state index contributed by atoms with van der Waals surface area (Å²) in [5.74, 6) is 1.45. The summed E-state index contributed by atoms with van der Waals surface area (Å²) in [4.78, 5) is 18.5. The molecule has 158 valence electrons. The molecule has 3 aromatic carbocycles. The first-order valence-electron chi connectivity index (χ1n) is 10.6. The van der Waals surface area contributed by atoms with E-state index in [4.69, 9.17) is 9.40 Å². The Morgan fingerprint density at radius 3 is 2.34 bits per heavy atom. The van der Waals surface area contributed by atoms with Gasteiger partial charge in [-0.15, -0.1) is 0 Å². The number of aromatic nitrogens is 2. The fraction of sp³-hybridized carbons (Fsp3) is 0.111. The van der Waals surface area contributed by atoms with Gasteiger partial charge in [0.1, 0.15) is 17.6 Å². The predicted octanol–water partition coefficient (Wildman–Crippen LogP) is 5.13. The number of amides is 1. The van der Waals surface area contributed by atoms with Crippen molar-refractivity contribution < 1.29 is 9.21 Å². The molecule has 0 spiro atoms. The summed E-state index contributed by atoms with van der Waals surface area (Å²) in [6.07, 6.45) is 2.24. The maximum atomic E-state index is 13.6. The highest BCUT2D eigenvalue weighted by molar-refractivity contribution is 5.87. The standard InChI is InChI=1S/C27H23N3O2/c31-27(28-19-22-14-9-17-32-22)26(21-12-5-2-6-13-21)30-24-16-8-7-15-23(24)29-25(30)18-20-10-3-1-4-11-20/h1-17,26H,18-19H2,(H,28,31). The van der Waals surface area contributed by atoms with E-state index in [0.717, 1.165) is 28.0 Å². The molecule has 0 fully saturated rings. The average Bonchev–Trinajstić information content (AvgIpc) is 3.48. The highest BCUT2D eigenvalue weighted by Gasteiger charge is 2.27. The van der Waals surface area contributed by atoms with Crippen LogP contribution in [-0.2, 0) is 17.8 Å². The van der Waals surface area contributed by atoms with Crippen molar-refractivity contribution in [3.63, 3.8) is 0 Å². The highest BCUT2D eigenvalue weighted by atomic mass is 16.3. The number of furan rings is 1. The molecule has 0 saturated heterocycles. The van der Waals surface area contributed by atoms with Crippen molar-refractivity contribution in [3.8, 4) is 0 Å². The third kappa shape index (κ3) is 4.05. The molecule has 0 radical (unpaired) electrons. The molecule has 1 amide bonds. The van der Waals surface area contributed by atoms with E-state index in [1.165, 1.54) is 0 Å². The minimum absolute atomic E-state index is 0.106. The van der Waals surface area contributed by atoms with Crippen LogP contribution < -0.4 is 5.32 Å². The van der Waals surface area contributed by atoms with Crippen molar-refractivity contribution in [2.24, 2.45) is 0 Å². The van der Waals surface area contributed by atoms with Crippen LogP contribution in [0.2, 0.25) is 0 Å². The predicted molar refractivity (Wildman–Crippen MR) is 124 cm³/mol. The summed E-state index contributed by atoms with van der Waals surface area (Å²) in [7, 11) is 0. The number of benzene rings is 3. The molecule has 2 aromatic heterocycles. The zero-order valence-corrected chi connectivity index (χ0v) is 17.5. The summed E-state index contributed by atoms with van der Waals surface area (Å²) in [6.45, 7) is 0.329. The molecule has 1 atom stereocenters. The number of carbonyl (C=O) groups is 1. The van der Waals surface area contributed by atoms with Crippen LogP contribution in [0.4, 0.5) is 0 Å². The lowest BCUT2D eigenvalue weighted by atomic mass is 10.0. The van der Waals surface area contributed by atoms with E-state index in [9.17, 15) is 4.79 Å². The SMILES string of the molecule is O=C(NCc1ccco1)C(c1ccccc1)n1c(Cc2ccccc2)nc2ccccc21. The first-order chi connectivity index (χ1) is 15.8. The Hall–Kier alpha value is -4.12. The summed E-state index contributed by atoms with van der Waals surface area (Å²) in [5.41, 5.74) is 3.85. The Kier molecular flexibility index (Phi) is 5.54. The van der Waals surface area contributed by atoms with Gasteiger partial charge >= 0.3 is 0 Å². The summed E-state index contributed by atoms with van der Waals surface area (Å²) >= 11 is 0. The number of hydrogen-bond donors (Lipinski definition) is 1. The Labute approximate surface area is 186 Å². The number of imidazole rings is 1. The second-order valence-corrected chi connectivity index (χ2v) is 7.66. The second kappa shape index (κ2) is 8.94. The van der Waals surface area contributed by atoms with E-state index in [1.54, 1.807) is 6.26 Å². The average molecular weight is 422 g/mol. The van der Waals surface area contributed by atoms with Crippen LogP contribution in [0.15, 0.2) is 108 Å². The largest absolute Gasteiger partial charge is 0.467 e. The summed E-state index contributed by atoms with van der Waals surface area (Å²) in [6, 6.07) is 31.1. The van der Waals surface area contributed by atoms with Crippen LogP contribution in [0.5, 0.6) is 0 Å². The number of para-hydroxylation sites is 2. The van der Waals surface area contributed by atoms with Crippen LogP contribution in [0.1, 0.15) is 28.8 Å². The zero-order chi connectivity index (χ0) is 21.8. The van der Waals surface area contributed by atoms with Gasteiger partial charge in [-0.2, -0.15) is 0 Å². The third-order valence-corrected chi connectivity index (χ3v) is 5.51.